The Bertz CT molecular complexity index is 673. The van der Waals surface area contributed by atoms with Crippen LogP contribution >= 0.6 is 0 Å². The number of ether oxygens (including phenoxy) is 1. The summed E-state index contributed by atoms with van der Waals surface area (Å²) in [4.78, 5) is 4.39. The summed E-state index contributed by atoms with van der Waals surface area (Å²) in [5.41, 5.74) is 3.17. The van der Waals surface area contributed by atoms with Crippen LogP contribution in [0.4, 0.5) is 0 Å². The molecule has 1 aromatic heterocycles. The van der Waals surface area contributed by atoms with E-state index in [-0.39, 0.29) is 0 Å². The lowest BCUT2D eigenvalue weighted by molar-refractivity contribution is 0.340. The summed E-state index contributed by atoms with van der Waals surface area (Å²) >= 11 is 0. The van der Waals surface area contributed by atoms with Gasteiger partial charge in [-0.1, -0.05) is 18.2 Å². The van der Waals surface area contributed by atoms with E-state index in [1.165, 1.54) is 0 Å². The fourth-order valence-electron chi connectivity index (χ4n) is 2.05. The van der Waals surface area contributed by atoms with Gasteiger partial charge in [0.15, 0.2) is 0 Å². The molecule has 0 aliphatic rings. The van der Waals surface area contributed by atoms with Crippen LogP contribution in [0.3, 0.4) is 0 Å². The zero-order valence-electron chi connectivity index (χ0n) is 10.2. The highest BCUT2D eigenvalue weighted by atomic mass is 16.5. The van der Waals surface area contributed by atoms with Crippen LogP contribution in [0.5, 0.6) is 5.75 Å². The average molecular weight is 238 g/mol. The smallest absolute Gasteiger partial charge is 0.121 e. The van der Waals surface area contributed by atoms with Crippen molar-refractivity contribution in [3.05, 3.63) is 54.9 Å². The molecule has 3 heteroatoms. The fraction of sp³-hybridized carbons (Fsp3) is 0.133. The van der Waals surface area contributed by atoms with E-state index in [0.29, 0.717) is 6.61 Å². The molecule has 0 N–H and O–H groups in total. The molecule has 0 spiro atoms. The minimum Gasteiger partial charge on any atom is -0.494 e. The van der Waals surface area contributed by atoms with Crippen molar-refractivity contribution in [2.45, 2.75) is 6.92 Å². The van der Waals surface area contributed by atoms with Crippen molar-refractivity contribution < 1.29 is 4.74 Å². The second kappa shape index (κ2) is 4.53. The maximum atomic E-state index is 5.52. The number of hydrogen-bond acceptors (Lipinski definition) is 2. The Labute approximate surface area is 106 Å². The number of nitrogens with zero attached hydrogens (tertiary/aromatic N) is 2. The van der Waals surface area contributed by atoms with Gasteiger partial charge in [0, 0.05) is 6.07 Å². The van der Waals surface area contributed by atoms with Gasteiger partial charge < -0.3 is 4.74 Å². The molecule has 0 aliphatic carbocycles. The van der Waals surface area contributed by atoms with E-state index in [4.69, 9.17) is 4.74 Å². The second-order valence-corrected chi connectivity index (χ2v) is 4.03. The van der Waals surface area contributed by atoms with Gasteiger partial charge in [0.05, 0.1) is 23.3 Å². The van der Waals surface area contributed by atoms with Crippen LogP contribution in [0.1, 0.15) is 6.92 Å². The summed E-state index contributed by atoms with van der Waals surface area (Å²) in [6, 6.07) is 16.1. The van der Waals surface area contributed by atoms with Crippen LogP contribution in [-0.4, -0.2) is 16.2 Å². The number of imidazole rings is 1. The van der Waals surface area contributed by atoms with Crippen LogP contribution in [-0.2, 0) is 0 Å². The van der Waals surface area contributed by atoms with Crippen molar-refractivity contribution in [2.24, 2.45) is 0 Å². The molecular formula is C15H14N2O. The van der Waals surface area contributed by atoms with Gasteiger partial charge in [-0.05, 0) is 31.2 Å². The molecule has 0 unspecified atom stereocenters. The van der Waals surface area contributed by atoms with Crippen molar-refractivity contribution in [1.29, 1.82) is 0 Å². The normalized spacial score (nSPS) is 10.7. The molecule has 2 aromatic carbocycles. The molecule has 3 nitrogen and oxygen atoms in total. The summed E-state index contributed by atoms with van der Waals surface area (Å²) in [6.45, 7) is 2.66. The number of benzene rings is 2. The van der Waals surface area contributed by atoms with Gasteiger partial charge >= 0.3 is 0 Å². The Morgan fingerprint density at radius 1 is 1.11 bits per heavy atom. The third-order valence-corrected chi connectivity index (χ3v) is 2.86. The Hall–Kier alpha value is -2.29. The van der Waals surface area contributed by atoms with Gasteiger partial charge in [-0.15, -0.1) is 0 Å². The molecule has 1 heterocycles. The summed E-state index contributed by atoms with van der Waals surface area (Å²) in [5.74, 6) is 0.882. The predicted octanol–water partition coefficient (Wildman–Crippen LogP) is 3.42. The number of hydrogen-bond donors (Lipinski definition) is 0. The summed E-state index contributed by atoms with van der Waals surface area (Å²) in [7, 11) is 0. The van der Waals surface area contributed by atoms with Crippen molar-refractivity contribution in [3.8, 4) is 11.4 Å². The predicted molar refractivity (Wildman–Crippen MR) is 72.2 cm³/mol. The molecule has 0 amide bonds. The highest BCUT2D eigenvalue weighted by molar-refractivity contribution is 5.77. The first-order chi connectivity index (χ1) is 8.88. The SMILES string of the molecule is CCOc1cccc(-n2cnc3ccccc32)c1. The number of aromatic nitrogens is 2. The van der Waals surface area contributed by atoms with Gasteiger partial charge in [-0.3, -0.25) is 4.57 Å². The second-order valence-electron chi connectivity index (χ2n) is 4.03. The first-order valence-electron chi connectivity index (χ1n) is 6.04. The minimum atomic E-state index is 0.675. The molecule has 0 aliphatic heterocycles. The number of rotatable bonds is 3. The molecule has 0 atom stereocenters. The van der Waals surface area contributed by atoms with Crippen LogP contribution in [0.15, 0.2) is 54.9 Å². The largest absolute Gasteiger partial charge is 0.494 e. The first kappa shape index (κ1) is 10.8. The molecule has 90 valence electrons. The monoisotopic (exact) mass is 238 g/mol. The van der Waals surface area contributed by atoms with Crippen molar-refractivity contribution in [2.75, 3.05) is 6.61 Å². The van der Waals surface area contributed by atoms with E-state index in [2.05, 4.69) is 21.7 Å². The average Bonchev–Trinajstić information content (AvgIpc) is 2.83. The molecule has 3 aromatic rings. The molecule has 0 saturated heterocycles. The lowest BCUT2D eigenvalue weighted by Crippen LogP contribution is -1.95. The Kier molecular flexibility index (Phi) is 2.73. The van der Waals surface area contributed by atoms with Crippen LogP contribution < -0.4 is 4.74 Å². The maximum absolute atomic E-state index is 5.52. The molecule has 0 fully saturated rings. The van der Waals surface area contributed by atoms with E-state index in [9.17, 15) is 0 Å². The molecule has 18 heavy (non-hydrogen) atoms. The highest BCUT2D eigenvalue weighted by Gasteiger charge is 2.04. The Morgan fingerprint density at radius 3 is 2.89 bits per heavy atom. The van der Waals surface area contributed by atoms with E-state index in [0.717, 1.165) is 22.5 Å². The standard InChI is InChI=1S/C15H14N2O/c1-2-18-13-7-5-6-12(10-13)17-11-16-14-8-3-4-9-15(14)17/h3-11H,2H2,1H3. The van der Waals surface area contributed by atoms with Crippen LogP contribution in [0, 0.1) is 0 Å². The first-order valence-corrected chi connectivity index (χ1v) is 6.04. The quantitative estimate of drug-likeness (QED) is 0.699. The molecule has 0 saturated carbocycles. The lowest BCUT2D eigenvalue weighted by atomic mass is 10.2. The third kappa shape index (κ3) is 1.84. The van der Waals surface area contributed by atoms with Crippen LogP contribution in [0.25, 0.3) is 16.7 Å². The van der Waals surface area contributed by atoms with E-state index >= 15 is 0 Å². The summed E-state index contributed by atoms with van der Waals surface area (Å²) in [6.07, 6.45) is 1.84. The summed E-state index contributed by atoms with van der Waals surface area (Å²) in [5, 5.41) is 0. The number of para-hydroxylation sites is 2. The van der Waals surface area contributed by atoms with Crippen LogP contribution in [0.2, 0.25) is 0 Å². The molecule has 0 bridgehead atoms. The van der Waals surface area contributed by atoms with Gasteiger partial charge in [0.2, 0.25) is 0 Å². The van der Waals surface area contributed by atoms with Gasteiger partial charge in [0.25, 0.3) is 0 Å². The van der Waals surface area contributed by atoms with E-state index in [1.54, 1.807) is 0 Å². The van der Waals surface area contributed by atoms with Crippen molar-refractivity contribution >= 4 is 11.0 Å². The zero-order valence-corrected chi connectivity index (χ0v) is 10.2. The number of fused-ring (bicyclic) bond motifs is 1. The molecule has 3 rings (SSSR count). The highest BCUT2D eigenvalue weighted by Crippen LogP contribution is 2.21. The Morgan fingerprint density at radius 2 is 2.00 bits per heavy atom. The van der Waals surface area contributed by atoms with Crippen molar-refractivity contribution in [1.82, 2.24) is 9.55 Å². The third-order valence-electron chi connectivity index (χ3n) is 2.86. The topological polar surface area (TPSA) is 27.1 Å². The minimum absolute atomic E-state index is 0.675. The Balaban J connectivity index is 2.11. The van der Waals surface area contributed by atoms with E-state index < -0.39 is 0 Å². The van der Waals surface area contributed by atoms with Gasteiger partial charge in [0.1, 0.15) is 12.1 Å². The van der Waals surface area contributed by atoms with Gasteiger partial charge in [-0.2, -0.15) is 0 Å². The summed E-state index contributed by atoms with van der Waals surface area (Å²) < 4.78 is 7.59. The van der Waals surface area contributed by atoms with Crippen molar-refractivity contribution in [3.63, 3.8) is 0 Å². The fourth-order valence-corrected chi connectivity index (χ4v) is 2.05. The zero-order chi connectivity index (χ0) is 12.4. The van der Waals surface area contributed by atoms with Gasteiger partial charge in [-0.25, -0.2) is 4.98 Å². The maximum Gasteiger partial charge on any atom is 0.121 e. The lowest BCUT2D eigenvalue weighted by Gasteiger charge is -2.07. The van der Waals surface area contributed by atoms with E-state index in [1.807, 2.05) is 49.6 Å². The molecule has 0 radical (unpaired) electrons. The molecular weight excluding hydrogens is 224 g/mol.